The lowest BCUT2D eigenvalue weighted by atomic mass is 10.9. The van der Waals surface area contributed by atoms with E-state index in [9.17, 15) is 0 Å². The zero-order valence-electron chi connectivity index (χ0n) is 4.44. The first-order chi connectivity index (χ1) is 3.93. The summed E-state index contributed by atoms with van der Waals surface area (Å²) >= 11 is 3.45. The Labute approximate surface area is 56.8 Å². The molecule has 0 N–H and O–H groups in total. The summed E-state index contributed by atoms with van der Waals surface area (Å²) in [4.78, 5) is 0. The Morgan fingerprint density at radius 3 is 2.88 bits per heavy atom. The molecule has 44 valence electrons. The van der Waals surface area contributed by atoms with Gasteiger partial charge in [0.05, 0.1) is 16.3 Å². The predicted molar refractivity (Wildman–Crippen MR) is 41.9 cm³/mol. The van der Waals surface area contributed by atoms with Crippen LogP contribution in [-0.4, -0.2) is 22.6 Å². The predicted octanol–water partition coefficient (Wildman–Crippen LogP) is 1.44. The summed E-state index contributed by atoms with van der Waals surface area (Å²) in [6.07, 6.45) is 3.90. The monoisotopic (exact) mass is 146 g/mol. The van der Waals surface area contributed by atoms with Crippen LogP contribution in [0.15, 0.2) is 10.2 Å². The van der Waals surface area contributed by atoms with Gasteiger partial charge in [0.25, 0.3) is 0 Å². The molecule has 1 rings (SSSR count). The molecular weight excluding hydrogens is 140 g/mol. The first-order valence-electron chi connectivity index (χ1n) is 2.17. The van der Waals surface area contributed by atoms with Gasteiger partial charge in [0, 0.05) is 0 Å². The van der Waals surface area contributed by atoms with Crippen molar-refractivity contribution in [2.45, 2.75) is 4.58 Å². The average molecular weight is 146 g/mol. The number of hydrogen-bond donors (Lipinski definition) is 0. The maximum absolute atomic E-state index is 3.73. The van der Waals surface area contributed by atoms with E-state index in [-0.39, 0.29) is 0 Å². The van der Waals surface area contributed by atoms with E-state index in [1.54, 1.807) is 29.1 Å². The first-order valence-corrected chi connectivity index (χ1v) is 4.40. The molecule has 8 heavy (non-hydrogen) atoms. The van der Waals surface area contributed by atoms with E-state index in [4.69, 9.17) is 0 Å². The van der Waals surface area contributed by atoms with Gasteiger partial charge in [0.15, 0.2) is 0 Å². The fourth-order valence-electron chi connectivity index (χ4n) is 0.359. The molecule has 1 aliphatic rings. The van der Waals surface area contributed by atoms with Crippen molar-refractivity contribution in [3.63, 3.8) is 0 Å². The lowest BCUT2D eigenvalue weighted by Gasteiger charge is -2.04. The first kappa shape index (κ1) is 6.16. The minimum atomic E-state index is 0.479. The van der Waals surface area contributed by atoms with E-state index in [1.807, 2.05) is 6.21 Å². The summed E-state index contributed by atoms with van der Waals surface area (Å²) in [5, 5.41) is 7.40. The maximum atomic E-state index is 3.73. The van der Waals surface area contributed by atoms with Gasteiger partial charge < -0.3 is 0 Å². The highest BCUT2D eigenvalue weighted by atomic mass is 32.2. The second-order valence-corrected chi connectivity index (χ2v) is 3.49. The third-order valence-electron chi connectivity index (χ3n) is 0.729. The number of nitrogens with zero attached hydrogens (tertiary/aromatic N) is 2. The summed E-state index contributed by atoms with van der Waals surface area (Å²) in [7, 11) is 0. The molecule has 1 atom stereocenters. The van der Waals surface area contributed by atoms with E-state index in [1.165, 1.54) is 0 Å². The van der Waals surface area contributed by atoms with Crippen LogP contribution >= 0.6 is 23.5 Å². The van der Waals surface area contributed by atoms with Crippen LogP contribution in [0.4, 0.5) is 0 Å². The Kier molecular flexibility index (Phi) is 2.42. The second-order valence-electron chi connectivity index (χ2n) is 1.23. The molecule has 4 heteroatoms. The van der Waals surface area contributed by atoms with E-state index >= 15 is 0 Å². The Bertz CT molecular complexity index is 121. The molecule has 0 radical (unpaired) electrons. The van der Waals surface area contributed by atoms with Crippen molar-refractivity contribution < 1.29 is 0 Å². The standard InChI is InChI=1S/C4H6N2S2/c1-7-4-2-5-6-3-8-4/h2-4H,1H3. The van der Waals surface area contributed by atoms with Crippen LogP contribution in [0.3, 0.4) is 0 Å². The molecule has 0 aromatic heterocycles. The van der Waals surface area contributed by atoms with E-state index in [2.05, 4.69) is 16.5 Å². The third-order valence-corrected chi connectivity index (χ3v) is 2.83. The van der Waals surface area contributed by atoms with Gasteiger partial charge >= 0.3 is 0 Å². The van der Waals surface area contributed by atoms with Crippen molar-refractivity contribution in [3.05, 3.63) is 0 Å². The zero-order valence-corrected chi connectivity index (χ0v) is 6.08. The van der Waals surface area contributed by atoms with Gasteiger partial charge in [0.1, 0.15) is 0 Å². The molecule has 0 aromatic carbocycles. The molecular formula is C4H6N2S2. The van der Waals surface area contributed by atoms with Crippen molar-refractivity contribution in [2.75, 3.05) is 6.26 Å². The van der Waals surface area contributed by atoms with E-state index in [0.29, 0.717) is 4.58 Å². The van der Waals surface area contributed by atoms with Crippen molar-refractivity contribution in [1.29, 1.82) is 0 Å². The minimum Gasteiger partial charge on any atom is -0.161 e. The molecule has 0 saturated heterocycles. The minimum absolute atomic E-state index is 0.479. The molecule has 2 nitrogen and oxygen atoms in total. The summed E-state index contributed by atoms with van der Waals surface area (Å²) in [6, 6.07) is 0. The van der Waals surface area contributed by atoms with E-state index in [0.717, 1.165) is 0 Å². The summed E-state index contributed by atoms with van der Waals surface area (Å²) in [6.45, 7) is 0. The highest BCUT2D eigenvalue weighted by Gasteiger charge is 2.02. The van der Waals surface area contributed by atoms with Gasteiger partial charge in [-0.3, -0.25) is 0 Å². The van der Waals surface area contributed by atoms with Crippen molar-refractivity contribution in [2.24, 2.45) is 10.2 Å². The second kappa shape index (κ2) is 3.14. The normalized spacial score (nSPS) is 26.4. The Morgan fingerprint density at radius 1 is 1.62 bits per heavy atom. The van der Waals surface area contributed by atoms with Gasteiger partial charge in [-0.05, 0) is 6.26 Å². The Morgan fingerprint density at radius 2 is 2.50 bits per heavy atom. The van der Waals surface area contributed by atoms with Crippen LogP contribution in [0.2, 0.25) is 0 Å². The number of thioether (sulfide) groups is 2. The molecule has 0 amide bonds. The number of rotatable bonds is 1. The highest BCUT2D eigenvalue weighted by molar-refractivity contribution is 8.24. The van der Waals surface area contributed by atoms with Crippen molar-refractivity contribution in [3.8, 4) is 0 Å². The molecule has 0 spiro atoms. The lowest BCUT2D eigenvalue weighted by molar-refractivity contribution is 1.26. The van der Waals surface area contributed by atoms with Crippen LogP contribution in [0.5, 0.6) is 0 Å². The van der Waals surface area contributed by atoms with Crippen LogP contribution in [0.25, 0.3) is 0 Å². The van der Waals surface area contributed by atoms with Crippen molar-refractivity contribution >= 4 is 35.3 Å². The van der Waals surface area contributed by atoms with Crippen LogP contribution in [0, 0.1) is 0 Å². The fraction of sp³-hybridized carbons (Fsp3) is 0.500. The third kappa shape index (κ3) is 1.52. The SMILES string of the molecule is CSC1C=NN=CS1. The molecule has 0 fully saturated rings. The Balaban J connectivity index is 2.40. The van der Waals surface area contributed by atoms with Gasteiger partial charge in [-0.25, -0.2) is 0 Å². The van der Waals surface area contributed by atoms with Crippen LogP contribution in [-0.2, 0) is 0 Å². The van der Waals surface area contributed by atoms with Gasteiger partial charge in [-0.15, -0.1) is 11.8 Å². The summed E-state index contributed by atoms with van der Waals surface area (Å²) in [5.74, 6) is 0. The summed E-state index contributed by atoms with van der Waals surface area (Å²) < 4.78 is 0.479. The molecule has 0 bridgehead atoms. The smallest absolute Gasteiger partial charge is 0.0925 e. The van der Waals surface area contributed by atoms with E-state index < -0.39 is 0 Å². The topological polar surface area (TPSA) is 24.7 Å². The van der Waals surface area contributed by atoms with Crippen molar-refractivity contribution in [1.82, 2.24) is 0 Å². The molecule has 1 aliphatic heterocycles. The molecule has 1 unspecified atom stereocenters. The maximum Gasteiger partial charge on any atom is 0.0925 e. The number of hydrogen-bond acceptors (Lipinski definition) is 4. The fourth-order valence-corrected chi connectivity index (χ4v) is 1.48. The van der Waals surface area contributed by atoms with Gasteiger partial charge in [-0.2, -0.15) is 10.2 Å². The largest absolute Gasteiger partial charge is 0.161 e. The molecule has 1 heterocycles. The van der Waals surface area contributed by atoms with Gasteiger partial charge in [0.2, 0.25) is 0 Å². The average Bonchev–Trinajstić information content (AvgIpc) is 1.90. The lowest BCUT2D eigenvalue weighted by Crippen LogP contribution is -1.99. The summed E-state index contributed by atoms with van der Waals surface area (Å²) in [5.41, 5.74) is 1.77. The highest BCUT2D eigenvalue weighted by Crippen LogP contribution is 2.19. The Hall–Kier alpha value is 0.0400. The van der Waals surface area contributed by atoms with Crippen LogP contribution in [0.1, 0.15) is 0 Å². The molecule has 0 aliphatic carbocycles. The van der Waals surface area contributed by atoms with Gasteiger partial charge in [-0.1, -0.05) is 11.8 Å². The molecule has 0 saturated carbocycles. The van der Waals surface area contributed by atoms with Crippen LogP contribution < -0.4 is 0 Å². The quantitative estimate of drug-likeness (QED) is 0.559. The zero-order chi connectivity index (χ0) is 5.82. The molecule has 0 aromatic rings.